The highest BCUT2D eigenvalue weighted by Gasteiger charge is 2.17. The molecule has 27 heavy (non-hydrogen) atoms. The first-order valence-corrected chi connectivity index (χ1v) is 8.64. The number of ketones is 1. The Morgan fingerprint density at radius 2 is 2.07 bits per heavy atom. The zero-order valence-electron chi connectivity index (χ0n) is 15.1. The molecule has 3 heterocycles. The first kappa shape index (κ1) is 17.1. The number of hydrogen-bond donors (Lipinski definition) is 0. The molecule has 0 amide bonds. The van der Waals surface area contributed by atoms with Crippen molar-refractivity contribution < 1.29 is 19.1 Å². The number of carbonyl (C=O) groups is 2. The van der Waals surface area contributed by atoms with Crippen molar-refractivity contribution in [2.45, 2.75) is 26.7 Å². The maximum absolute atomic E-state index is 12.3. The van der Waals surface area contributed by atoms with E-state index in [0.717, 1.165) is 29.1 Å². The topological polar surface area (TPSA) is 95.7 Å². The molecule has 0 aliphatic carbocycles. The second-order valence-corrected chi connectivity index (χ2v) is 6.46. The summed E-state index contributed by atoms with van der Waals surface area (Å²) in [5, 5.41) is 4.26. The molecule has 1 aliphatic rings. The van der Waals surface area contributed by atoms with Crippen molar-refractivity contribution in [1.29, 1.82) is 0 Å². The van der Waals surface area contributed by atoms with Gasteiger partial charge in [0.25, 0.3) is 5.78 Å². The van der Waals surface area contributed by atoms with E-state index in [2.05, 4.69) is 15.1 Å². The largest absolute Gasteiger partial charge is 0.493 e. The van der Waals surface area contributed by atoms with Crippen molar-refractivity contribution in [3.8, 4) is 5.75 Å². The van der Waals surface area contributed by atoms with Crippen LogP contribution in [-0.2, 0) is 22.4 Å². The van der Waals surface area contributed by atoms with Crippen LogP contribution in [0.5, 0.6) is 5.75 Å². The van der Waals surface area contributed by atoms with Gasteiger partial charge in [0.15, 0.2) is 18.2 Å². The fourth-order valence-electron chi connectivity index (χ4n) is 3.05. The molecule has 138 valence electrons. The molecule has 2 aromatic heterocycles. The Kier molecular flexibility index (Phi) is 4.31. The minimum atomic E-state index is -0.557. The molecule has 0 saturated carbocycles. The molecule has 0 unspecified atom stereocenters. The fourth-order valence-corrected chi connectivity index (χ4v) is 3.05. The van der Waals surface area contributed by atoms with Crippen LogP contribution in [0.4, 0.5) is 0 Å². The fraction of sp³-hybridized carbons (Fsp3) is 0.316. The zero-order chi connectivity index (χ0) is 19.0. The van der Waals surface area contributed by atoms with Gasteiger partial charge in [-0.3, -0.25) is 9.59 Å². The van der Waals surface area contributed by atoms with Crippen LogP contribution < -0.4 is 4.74 Å². The monoisotopic (exact) mass is 366 g/mol. The molecule has 8 nitrogen and oxygen atoms in total. The summed E-state index contributed by atoms with van der Waals surface area (Å²) in [6.07, 6.45) is 0.663. The van der Waals surface area contributed by atoms with Crippen LogP contribution >= 0.6 is 0 Å². The third kappa shape index (κ3) is 3.51. The van der Waals surface area contributed by atoms with Gasteiger partial charge in [-0.1, -0.05) is 0 Å². The van der Waals surface area contributed by atoms with E-state index in [1.54, 1.807) is 22.7 Å². The van der Waals surface area contributed by atoms with E-state index in [-0.39, 0.29) is 18.8 Å². The van der Waals surface area contributed by atoms with Crippen LogP contribution in [0, 0.1) is 13.8 Å². The van der Waals surface area contributed by atoms with Crippen molar-refractivity contribution in [1.82, 2.24) is 19.6 Å². The number of hydrogen-bond acceptors (Lipinski definition) is 7. The summed E-state index contributed by atoms with van der Waals surface area (Å²) in [6.45, 7) is 4.06. The number of carbonyl (C=O) groups excluding carboxylic acids is 2. The van der Waals surface area contributed by atoms with Gasteiger partial charge >= 0.3 is 5.97 Å². The lowest BCUT2D eigenvalue weighted by atomic mass is 10.1. The van der Waals surface area contributed by atoms with Crippen LogP contribution in [0.15, 0.2) is 24.3 Å². The van der Waals surface area contributed by atoms with E-state index in [0.29, 0.717) is 23.8 Å². The van der Waals surface area contributed by atoms with Crippen molar-refractivity contribution >= 4 is 17.5 Å². The zero-order valence-corrected chi connectivity index (χ0v) is 15.1. The molecule has 1 aromatic carbocycles. The van der Waals surface area contributed by atoms with Crippen molar-refractivity contribution in [3.63, 3.8) is 0 Å². The van der Waals surface area contributed by atoms with Crippen molar-refractivity contribution in [3.05, 3.63) is 52.6 Å². The first-order chi connectivity index (χ1) is 13.0. The summed E-state index contributed by atoms with van der Waals surface area (Å²) in [5.41, 5.74) is 3.21. The Bertz CT molecular complexity index is 1060. The summed E-state index contributed by atoms with van der Waals surface area (Å²) in [7, 11) is 0. The predicted molar refractivity (Wildman–Crippen MR) is 94.9 cm³/mol. The van der Waals surface area contributed by atoms with E-state index in [9.17, 15) is 9.59 Å². The number of ether oxygens (including phenoxy) is 2. The molecule has 0 spiro atoms. The maximum atomic E-state index is 12.3. The standard InChI is InChI=1S/C19H18N4O4/c1-11-7-12(2)23-19(20-11)21-17(22-23)9-18(25)27-10-15(24)13-3-4-16-14(8-13)5-6-26-16/h3-4,7-8H,5-6,9-10H2,1-2H3. The number of Topliss-reactive ketones (excluding diaryl/α,β-unsaturated/α-hetero) is 1. The molecule has 4 rings (SSSR count). The number of benzene rings is 1. The molecular formula is C19H18N4O4. The van der Waals surface area contributed by atoms with Crippen LogP contribution in [0.3, 0.4) is 0 Å². The van der Waals surface area contributed by atoms with Crippen LogP contribution in [0.2, 0.25) is 0 Å². The van der Waals surface area contributed by atoms with Crippen molar-refractivity contribution in [2.24, 2.45) is 0 Å². The summed E-state index contributed by atoms with van der Waals surface area (Å²) in [5.74, 6) is 0.739. The molecule has 0 atom stereocenters. The summed E-state index contributed by atoms with van der Waals surface area (Å²) in [6, 6.07) is 7.12. The van der Waals surface area contributed by atoms with Gasteiger partial charge in [0.1, 0.15) is 12.2 Å². The quantitative estimate of drug-likeness (QED) is 0.500. The second-order valence-electron chi connectivity index (χ2n) is 6.46. The number of rotatable bonds is 5. The van der Waals surface area contributed by atoms with Gasteiger partial charge in [0.05, 0.1) is 6.61 Å². The van der Waals surface area contributed by atoms with Gasteiger partial charge in [-0.2, -0.15) is 4.98 Å². The van der Waals surface area contributed by atoms with Gasteiger partial charge in [-0.05, 0) is 43.7 Å². The minimum Gasteiger partial charge on any atom is -0.493 e. The predicted octanol–water partition coefficient (Wildman–Crippen LogP) is 1.64. The number of esters is 1. The van der Waals surface area contributed by atoms with E-state index < -0.39 is 5.97 Å². The average Bonchev–Trinajstić information content (AvgIpc) is 3.25. The highest BCUT2D eigenvalue weighted by Crippen LogP contribution is 2.26. The molecule has 0 radical (unpaired) electrons. The van der Waals surface area contributed by atoms with Crippen molar-refractivity contribution in [2.75, 3.05) is 13.2 Å². The number of fused-ring (bicyclic) bond motifs is 2. The molecule has 0 bridgehead atoms. The summed E-state index contributed by atoms with van der Waals surface area (Å²) >= 11 is 0. The maximum Gasteiger partial charge on any atom is 0.314 e. The van der Waals surface area contributed by atoms with Gasteiger partial charge in [-0.15, -0.1) is 5.10 Å². The first-order valence-electron chi connectivity index (χ1n) is 8.64. The Morgan fingerprint density at radius 3 is 2.93 bits per heavy atom. The smallest absolute Gasteiger partial charge is 0.314 e. The lowest BCUT2D eigenvalue weighted by molar-refractivity contribution is -0.141. The molecule has 3 aromatic rings. The lowest BCUT2D eigenvalue weighted by Crippen LogP contribution is -2.16. The lowest BCUT2D eigenvalue weighted by Gasteiger charge is -2.05. The van der Waals surface area contributed by atoms with Gasteiger partial charge < -0.3 is 9.47 Å². The van der Waals surface area contributed by atoms with Gasteiger partial charge in [-0.25, -0.2) is 9.50 Å². The Balaban J connectivity index is 1.38. The minimum absolute atomic E-state index is 0.118. The summed E-state index contributed by atoms with van der Waals surface area (Å²) < 4.78 is 12.1. The third-order valence-electron chi connectivity index (χ3n) is 4.34. The summed E-state index contributed by atoms with van der Waals surface area (Å²) in [4.78, 5) is 32.8. The molecule has 8 heteroatoms. The van der Waals surface area contributed by atoms with Crippen LogP contribution in [0.25, 0.3) is 5.78 Å². The third-order valence-corrected chi connectivity index (χ3v) is 4.34. The highest BCUT2D eigenvalue weighted by molar-refractivity contribution is 5.98. The molecule has 1 aliphatic heterocycles. The molecular weight excluding hydrogens is 348 g/mol. The Hall–Kier alpha value is -3.29. The SMILES string of the molecule is Cc1cc(C)n2nc(CC(=O)OCC(=O)c3ccc4c(c3)CCO4)nc2n1. The normalized spacial score (nSPS) is 12.7. The average molecular weight is 366 g/mol. The Labute approximate surface area is 155 Å². The number of nitrogens with zero attached hydrogens (tertiary/aromatic N) is 4. The van der Waals surface area contributed by atoms with E-state index >= 15 is 0 Å². The van der Waals surface area contributed by atoms with E-state index in [4.69, 9.17) is 9.47 Å². The highest BCUT2D eigenvalue weighted by atomic mass is 16.5. The molecule has 0 N–H and O–H groups in total. The van der Waals surface area contributed by atoms with Crippen LogP contribution in [0.1, 0.15) is 33.1 Å². The number of aromatic nitrogens is 4. The number of aryl methyl sites for hydroxylation is 2. The second kappa shape index (κ2) is 6.79. The Morgan fingerprint density at radius 1 is 1.22 bits per heavy atom. The van der Waals surface area contributed by atoms with Gasteiger partial charge in [0.2, 0.25) is 0 Å². The molecule has 0 saturated heterocycles. The van der Waals surface area contributed by atoms with Crippen LogP contribution in [-0.4, -0.2) is 44.5 Å². The van der Waals surface area contributed by atoms with E-state index in [1.165, 1.54) is 0 Å². The van der Waals surface area contributed by atoms with E-state index in [1.807, 2.05) is 19.9 Å². The molecule has 0 fully saturated rings. The van der Waals surface area contributed by atoms with Gasteiger partial charge in [0, 0.05) is 23.4 Å².